The summed E-state index contributed by atoms with van der Waals surface area (Å²) in [6.45, 7) is 5.40. The molecule has 1 unspecified atom stereocenters. The van der Waals surface area contributed by atoms with Gasteiger partial charge in [-0.2, -0.15) is 0 Å². The summed E-state index contributed by atoms with van der Waals surface area (Å²) < 4.78 is 1.04. The summed E-state index contributed by atoms with van der Waals surface area (Å²) in [5, 5.41) is 6.86. The summed E-state index contributed by atoms with van der Waals surface area (Å²) in [7, 11) is 0. The summed E-state index contributed by atoms with van der Waals surface area (Å²) in [6, 6.07) is 2.09. The molecule has 0 radical (unpaired) electrons. The second-order valence-corrected chi connectivity index (χ2v) is 5.33. The van der Waals surface area contributed by atoms with Gasteiger partial charge in [-0.15, -0.1) is 0 Å². The molecule has 16 heavy (non-hydrogen) atoms. The second kappa shape index (κ2) is 5.64. The Labute approximate surface area is 105 Å². The zero-order chi connectivity index (χ0) is 11.4. The molecule has 1 aromatic heterocycles. The molecule has 4 heteroatoms. The van der Waals surface area contributed by atoms with Gasteiger partial charge in [0.05, 0.1) is 0 Å². The molecule has 0 spiro atoms. The van der Waals surface area contributed by atoms with Crippen LogP contribution in [0.2, 0.25) is 0 Å². The SMILES string of the molecule is Cc1cc(Br)cnc1NCC1CCCNC1. The number of aryl methyl sites for hydroxylation is 1. The number of aromatic nitrogens is 1. The van der Waals surface area contributed by atoms with Crippen molar-refractivity contribution in [3.05, 3.63) is 22.3 Å². The van der Waals surface area contributed by atoms with Gasteiger partial charge in [-0.25, -0.2) is 4.98 Å². The predicted octanol–water partition coefficient (Wildman–Crippen LogP) is 2.56. The third-order valence-corrected chi connectivity index (χ3v) is 3.44. The molecular weight excluding hydrogens is 266 g/mol. The molecule has 2 rings (SSSR count). The smallest absolute Gasteiger partial charge is 0.128 e. The lowest BCUT2D eigenvalue weighted by Crippen LogP contribution is -2.33. The van der Waals surface area contributed by atoms with Crippen molar-refractivity contribution in [3.8, 4) is 0 Å². The zero-order valence-electron chi connectivity index (χ0n) is 9.59. The first-order chi connectivity index (χ1) is 7.75. The van der Waals surface area contributed by atoms with Crippen molar-refractivity contribution < 1.29 is 0 Å². The molecule has 1 aliphatic rings. The summed E-state index contributed by atoms with van der Waals surface area (Å²) in [6.07, 6.45) is 4.45. The van der Waals surface area contributed by atoms with Crippen LogP contribution in [0, 0.1) is 12.8 Å². The number of halogens is 1. The number of nitrogens with one attached hydrogen (secondary N) is 2. The molecule has 1 aliphatic heterocycles. The lowest BCUT2D eigenvalue weighted by molar-refractivity contribution is 0.392. The fourth-order valence-electron chi connectivity index (χ4n) is 2.06. The molecule has 0 aromatic carbocycles. The summed E-state index contributed by atoms with van der Waals surface area (Å²) >= 11 is 3.42. The molecule has 1 saturated heterocycles. The van der Waals surface area contributed by atoms with Crippen LogP contribution in [0.15, 0.2) is 16.7 Å². The van der Waals surface area contributed by atoms with E-state index in [1.54, 1.807) is 0 Å². The number of anilines is 1. The summed E-state index contributed by atoms with van der Waals surface area (Å²) in [4.78, 5) is 4.38. The highest BCUT2D eigenvalue weighted by molar-refractivity contribution is 9.10. The molecule has 88 valence electrons. The highest BCUT2D eigenvalue weighted by Gasteiger charge is 2.12. The van der Waals surface area contributed by atoms with Crippen molar-refractivity contribution in [2.24, 2.45) is 5.92 Å². The van der Waals surface area contributed by atoms with Crippen LogP contribution in [0.1, 0.15) is 18.4 Å². The van der Waals surface area contributed by atoms with E-state index in [9.17, 15) is 0 Å². The lowest BCUT2D eigenvalue weighted by atomic mass is 10.00. The minimum atomic E-state index is 0.735. The van der Waals surface area contributed by atoms with Gasteiger partial charge in [-0.1, -0.05) is 0 Å². The van der Waals surface area contributed by atoms with Crippen molar-refractivity contribution in [1.82, 2.24) is 10.3 Å². The second-order valence-electron chi connectivity index (χ2n) is 4.41. The lowest BCUT2D eigenvalue weighted by Gasteiger charge is -2.23. The molecular formula is C12H18BrN3. The Hall–Kier alpha value is -0.610. The van der Waals surface area contributed by atoms with Crippen LogP contribution < -0.4 is 10.6 Å². The highest BCUT2D eigenvalue weighted by Crippen LogP contribution is 2.18. The van der Waals surface area contributed by atoms with Crippen LogP contribution >= 0.6 is 15.9 Å². The molecule has 1 fully saturated rings. The van der Waals surface area contributed by atoms with Crippen LogP contribution in [0.5, 0.6) is 0 Å². The Balaban J connectivity index is 1.88. The Morgan fingerprint density at radius 1 is 1.62 bits per heavy atom. The van der Waals surface area contributed by atoms with Gasteiger partial charge in [-0.3, -0.25) is 0 Å². The van der Waals surface area contributed by atoms with E-state index in [4.69, 9.17) is 0 Å². The van der Waals surface area contributed by atoms with E-state index in [1.807, 2.05) is 6.20 Å². The van der Waals surface area contributed by atoms with E-state index < -0.39 is 0 Å². The minimum absolute atomic E-state index is 0.735. The maximum Gasteiger partial charge on any atom is 0.128 e. The molecule has 3 nitrogen and oxygen atoms in total. The van der Waals surface area contributed by atoms with Gasteiger partial charge >= 0.3 is 0 Å². The van der Waals surface area contributed by atoms with E-state index >= 15 is 0 Å². The first-order valence-corrected chi connectivity index (χ1v) is 6.62. The van der Waals surface area contributed by atoms with Crippen LogP contribution in [0.4, 0.5) is 5.82 Å². The molecule has 0 amide bonds. The Bertz CT molecular complexity index is 348. The molecule has 2 N–H and O–H groups in total. The molecule has 0 saturated carbocycles. The van der Waals surface area contributed by atoms with Gasteiger partial charge < -0.3 is 10.6 Å². The minimum Gasteiger partial charge on any atom is -0.370 e. The van der Waals surface area contributed by atoms with Crippen LogP contribution in [-0.4, -0.2) is 24.6 Å². The zero-order valence-corrected chi connectivity index (χ0v) is 11.2. The fraction of sp³-hybridized carbons (Fsp3) is 0.583. The topological polar surface area (TPSA) is 37.0 Å². The van der Waals surface area contributed by atoms with Crippen molar-refractivity contribution in [1.29, 1.82) is 0 Å². The number of hydrogen-bond donors (Lipinski definition) is 2. The number of rotatable bonds is 3. The van der Waals surface area contributed by atoms with Gasteiger partial charge in [0.15, 0.2) is 0 Å². The average molecular weight is 284 g/mol. The maximum atomic E-state index is 4.38. The molecule has 1 atom stereocenters. The van der Waals surface area contributed by atoms with E-state index in [0.717, 1.165) is 29.3 Å². The third kappa shape index (κ3) is 3.19. The van der Waals surface area contributed by atoms with E-state index in [-0.39, 0.29) is 0 Å². The standard InChI is InChI=1S/C12H18BrN3/c1-9-5-11(13)8-16-12(9)15-7-10-3-2-4-14-6-10/h5,8,10,14H,2-4,6-7H2,1H3,(H,15,16). The number of nitrogens with zero attached hydrogens (tertiary/aromatic N) is 1. The largest absolute Gasteiger partial charge is 0.370 e. The van der Waals surface area contributed by atoms with Crippen LogP contribution in [0.3, 0.4) is 0 Å². The van der Waals surface area contributed by atoms with Gasteiger partial charge in [0.1, 0.15) is 5.82 Å². The van der Waals surface area contributed by atoms with Crippen molar-refractivity contribution in [2.45, 2.75) is 19.8 Å². The Morgan fingerprint density at radius 2 is 2.50 bits per heavy atom. The summed E-state index contributed by atoms with van der Waals surface area (Å²) in [5.41, 5.74) is 1.19. The van der Waals surface area contributed by atoms with Crippen molar-refractivity contribution >= 4 is 21.7 Å². The molecule has 2 heterocycles. The van der Waals surface area contributed by atoms with Crippen molar-refractivity contribution in [2.75, 3.05) is 25.0 Å². The van der Waals surface area contributed by atoms with Crippen molar-refractivity contribution in [3.63, 3.8) is 0 Å². The van der Waals surface area contributed by atoms with Gasteiger partial charge in [-0.05, 0) is 66.3 Å². The first-order valence-electron chi connectivity index (χ1n) is 5.82. The molecule has 1 aromatic rings. The van der Waals surface area contributed by atoms with E-state index in [1.165, 1.54) is 24.9 Å². The number of piperidine rings is 1. The van der Waals surface area contributed by atoms with E-state index in [0.29, 0.717) is 0 Å². The maximum absolute atomic E-state index is 4.38. The fourth-order valence-corrected chi connectivity index (χ4v) is 2.51. The first kappa shape index (κ1) is 11.9. The van der Waals surface area contributed by atoms with Gasteiger partial charge in [0.2, 0.25) is 0 Å². The predicted molar refractivity (Wildman–Crippen MR) is 70.8 cm³/mol. The Kier molecular flexibility index (Phi) is 4.18. The monoisotopic (exact) mass is 283 g/mol. The van der Waals surface area contributed by atoms with Gasteiger partial charge in [0, 0.05) is 17.2 Å². The molecule has 0 bridgehead atoms. The highest BCUT2D eigenvalue weighted by atomic mass is 79.9. The molecule has 0 aliphatic carbocycles. The number of pyridine rings is 1. The van der Waals surface area contributed by atoms with Crippen LogP contribution in [-0.2, 0) is 0 Å². The van der Waals surface area contributed by atoms with E-state index in [2.05, 4.69) is 44.5 Å². The third-order valence-electron chi connectivity index (χ3n) is 3.00. The normalized spacial score (nSPS) is 20.8. The average Bonchev–Trinajstić information content (AvgIpc) is 2.29. The quantitative estimate of drug-likeness (QED) is 0.895. The number of hydrogen-bond acceptors (Lipinski definition) is 3. The Morgan fingerprint density at radius 3 is 3.19 bits per heavy atom. The van der Waals surface area contributed by atoms with Crippen LogP contribution in [0.25, 0.3) is 0 Å². The summed E-state index contributed by atoms with van der Waals surface area (Å²) in [5.74, 6) is 1.74. The van der Waals surface area contributed by atoms with Gasteiger partial charge in [0.25, 0.3) is 0 Å².